The van der Waals surface area contributed by atoms with E-state index in [9.17, 15) is 9.59 Å². The van der Waals surface area contributed by atoms with Crippen molar-refractivity contribution in [3.8, 4) is 0 Å². The Morgan fingerprint density at radius 2 is 1.52 bits per heavy atom. The molecule has 1 aliphatic rings. The van der Waals surface area contributed by atoms with Gasteiger partial charge >= 0.3 is 0 Å². The van der Waals surface area contributed by atoms with E-state index in [1.807, 2.05) is 0 Å². The zero-order valence-electron chi connectivity index (χ0n) is 11.9. The molecule has 0 saturated heterocycles. The van der Waals surface area contributed by atoms with Gasteiger partial charge in [-0.2, -0.15) is 0 Å². The van der Waals surface area contributed by atoms with Crippen molar-refractivity contribution in [2.45, 2.75) is 6.92 Å². The van der Waals surface area contributed by atoms with Crippen LogP contribution >= 0.6 is 34.8 Å². The first-order valence-electron chi connectivity index (χ1n) is 6.71. The lowest BCUT2D eigenvalue weighted by Gasteiger charge is -2.18. The van der Waals surface area contributed by atoms with Gasteiger partial charge in [-0.15, -0.1) is 0 Å². The van der Waals surface area contributed by atoms with Crippen molar-refractivity contribution in [3.63, 3.8) is 0 Å². The van der Waals surface area contributed by atoms with Crippen LogP contribution in [0.15, 0.2) is 47.5 Å². The predicted molar refractivity (Wildman–Crippen MR) is 92.9 cm³/mol. The van der Waals surface area contributed by atoms with Crippen molar-refractivity contribution in [3.05, 3.63) is 68.7 Å². The number of amides is 2. The Labute approximate surface area is 148 Å². The molecule has 6 heteroatoms. The largest absolute Gasteiger partial charge is 0.277 e. The number of carbonyl (C=O) groups is 2. The molecule has 3 nitrogen and oxygen atoms in total. The summed E-state index contributed by atoms with van der Waals surface area (Å²) in [6.07, 6.45) is 0. The van der Waals surface area contributed by atoms with Crippen molar-refractivity contribution in [2.75, 3.05) is 4.90 Å². The molecule has 0 radical (unpaired) electrons. The third-order valence-corrected chi connectivity index (χ3v) is 4.65. The molecule has 1 heterocycles. The van der Waals surface area contributed by atoms with Crippen molar-refractivity contribution >= 4 is 57.9 Å². The average molecular weight is 367 g/mol. The summed E-state index contributed by atoms with van der Waals surface area (Å²) >= 11 is 18.1. The SMILES string of the molecule is Cc1c(Cl)cccc1N1C(=O)C(Cl)=C(c2ccc(Cl)cc2)C1=O. The van der Waals surface area contributed by atoms with Gasteiger partial charge in [0, 0.05) is 10.0 Å². The van der Waals surface area contributed by atoms with Crippen LogP contribution in [0.2, 0.25) is 10.0 Å². The van der Waals surface area contributed by atoms with E-state index in [1.165, 1.54) is 0 Å². The molecular weight excluding hydrogens is 357 g/mol. The van der Waals surface area contributed by atoms with E-state index in [-0.39, 0.29) is 10.6 Å². The summed E-state index contributed by atoms with van der Waals surface area (Å²) in [5.41, 5.74) is 1.76. The Morgan fingerprint density at radius 3 is 2.17 bits per heavy atom. The van der Waals surface area contributed by atoms with Crippen molar-refractivity contribution < 1.29 is 9.59 Å². The molecule has 0 aliphatic carbocycles. The summed E-state index contributed by atoms with van der Waals surface area (Å²) in [5, 5.41) is 0.889. The number of hydrogen-bond acceptors (Lipinski definition) is 2. The molecule has 0 N–H and O–H groups in total. The highest BCUT2D eigenvalue weighted by Crippen LogP contribution is 2.37. The molecule has 0 aromatic heterocycles. The number of anilines is 1. The van der Waals surface area contributed by atoms with E-state index in [4.69, 9.17) is 34.8 Å². The third kappa shape index (κ3) is 2.65. The number of hydrogen-bond donors (Lipinski definition) is 0. The fraction of sp³-hybridized carbons (Fsp3) is 0.0588. The molecule has 0 saturated carbocycles. The van der Waals surface area contributed by atoms with Crippen LogP contribution in [0.1, 0.15) is 11.1 Å². The first-order chi connectivity index (χ1) is 10.9. The molecule has 0 bridgehead atoms. The van der Waals surface area contributed by atoms with Crippen molar-refractivity contribution in [1.29, 1.82) is 0 Å². The molecule has 3 rings (SSSR count). The molecule has 2 amide bonds. The third-order valence-electron chi connectivity index (χ3n) is 3.64. The van der Waals surface area contributed by atoms with E-state index in [0.717, 1.165) is 4.90 Å². The van der Waals surface area contributed by atoms with Crippen LogP contribution in [0, 0.1) is 6.92 Å². The highest BCUT2D eigenvalue weighted by molar-refractivity contribution is 6.60. The Morgan fingerprint density at radius 1 is 0.870 bits per heavy atom. The summed E-state index contributed by atoms with van der Waals surface area (Å²) in [6, 6.07) is 11.6. The molecule has 116 valence electrons. The van der Waals surface area contributed by atoms with Gasteiger partial charge in [0.1, 0.15) is 5.03 Å². The fourth-order valence-corrected chi connectivity index (χ4v) is 3.00. The lowest BCUT2D eigenvalue weighted by molar-refractivity contribution is -0.119. The normalized spacial score (nSPS) is 14.9. The van der Waals surface area contributed by atoms with Gasteiger partial charge < -0.3 is 0 Å². The molecule has 1 aliphatic heterocycles. The summed E-state index contributed by atoms with van der Waals surface area (Å²) in [6.45, 7) is 1.74. The summed E-state index contributed by atoms with van der Waals surface area (Å²) in [7, 11) is 0. The quantitative estimate of drug-likeness (QED) is 0.714. The molecule has 23 heavy (non-hydrogen) atoms. The lowest BCUT2D eigenvalue weighted by atomic mass is 10.1. The smallest absolute Gasteiger partial charge is 0.268 e. The zero-order valence-corrected chi connectivity index (χ0v) is 14.2. The van der Waals surface area contributed by atoms with E-state index >= 15 is 0 Å². The van der Waals surface area contributed by atoms with E-state index in [0.29, 0.717) is 26.9 Å². The number of imide groups is 1. The average Bonchev–Trinajstić information content (AvgIpc) is 2.74. The van der Waals surface area contributed by atoms with Gasteiger partial charge in [0.05, 0.1) is 11.3 Å². The Hall–Kier alpha value is -1.81. The van der Waals surface area contributed by atoms with Gasteiger partial charge in [-0.25, -0.2) is 4.90 Å². The first-order valence-corrected chi connectivity index (χ1v) is 7.85. The highest BCUT2D eigenvalue weighted by atomic mass is 35.5. The number of halogens is 3. The molecule has 0 fully saturated rings. The lowest BCUT2D eigenvalue weighted by Crippen LogP contribution is -2.31. The number of benzene rings is 2. The van der Waals surface area contributed by atoms with Gasteiger partial charge in [0.25, 0.3) is 11.8 Å². The molecule has 0 atom stereocenters. The monoisotopic (exact) mass is 365 g/mol. The number of rotatable bonds is 2. The van der Waals surface area contributed by atoms with Crippen LogP contribution in [-0.4, -0.2) is 11.8 Å². The molecule has 2 aromatic carbocycles. The molecular formula is C17H10Cl3NO2. The predicted octanol–water partition coefficient (Wildman–Crippen LogP) is 4.83. The van der Waals surface area contributed by atoms with Gasteiger partial charge in [-0.1, -0.05) is 53.0 Å². The van der Waals surface area contributed by atoms with Crippen LogP contribution in [-0.2, 0) is 9.59 Å². The second-order valence-corrected chi connectivity index (χ2v) is 6.25. The Bertz CT molecular complexity index is 857. The minimum absolute atomic E-state index is 0.114. The number of nitrogens with zero attached hydrogens (tertiary/aromatic N) is 1. The van der Waals surface area contributed by atoms with E-state index in [2.05, 4.69) is 0 Å². The van der Waals surface area contributed by atoms with Crippen LogP contribution in [0.5, 0.6) is 0 Å². The van der Waals surface area contributed by atoms with Gasteiger partial charge in [0.15, 0.2) is 0 Å². The van der Waals surface area contributed by atoms with Gasteiger partial charge in [0.2, 0.25) is 0 Å². The minimum atomic E-state index is -0.563. The van der Waals surface area contributed by atoms with Gasteiger partial charge in [-0.3, -0.25) is 9.59 Å². The van der Waals surface area contributed by atoms with Crippen LogP contribution in [0.3, 0.4) is 0 Å². The number of carbonyl (C=O) groups excluding carboxylic acids is 2. The van der Waals surface area contributed by atoms with Crippen molar-refractivity contribution in [2.24, 2.45) is 0 Å². The minimum Gasteiger partial charge on any atom is -0.268 e. The van der Waals surface area contributed by atoms with E-state index < -0.39 is 11.8 Å². The maximum atomic E-state index is 12.8. The fourth-order valence-electron chi connectivity index (χ4n) is 2.43. The van der Waals surface area contributed by atoms with Crippen LogP contribution < -0.4 is 4.90 Å². The standard InChI is InChI=1S/C17H10Cl3NO2/c1-9-12(19)3-2-4-13(9)21-16(22)14(15(20)17(21)23)10-5-7-11(18)8-6-10/h2-8H,1H3. The van der Waals surface area contributed by atoms with Crippen LogP contribution in [0.25, 0.3) is 5.57 Å². The van der Waals surface area contributed by atoms with Gasteiger partial charge in [-0.05, 0) is 42.3 Å². The Kier molecular flexibility index (Phi) is 4.19. The highest BCUT2D eigenvalue weighted by Gasteiger charge is 2.39. The first kappa shape index (κ1) is 16.1. The zero-order chi connectivity index (χ0) is 16.7. The molecule has 2 aromatic rings. The molecule has 0 unspecified atom stereocenters. The second kappa shape index (κ2) is 6.00. The molecule has 0 spiro atoms. The topological polar surface area (TPSA) is 37.4 Å². The summed E-state index contributed by atoms with van der Waals surface area (Å²) in [5.74, 6) is -1.04. The van der Waals surface area contributed by atoms with E-state index in [1.54, 1.807) is 49.4 Å². The van der Waals surface area contributed by atoms with Crippen molar-refractivity contribution in [1.82, 2.24) is 0 Å². The second-order valence-electron chi connectivity index (χ2n) is 5.03. The van der Waals surface area contributed by atoms with Crippen LogP contribution in [0.4, 0.5) is 5.69 Å². The maximum Gasteiger partial charge on any atom is 0.277 e. The summed E-state index contributed by atoms with van der Waals surface area (Å²) < 4.78 is 0. The summed E-state index contributed by atoms with van der Waals surface area (Å²) in [4.78, 5) is 26.3. The maximum absolute atomic E-state index is 12.8. The Balaban J connectivity index is 2.09.